The zero-order valence-electron chi connectivity index (χ0n) is 9.83. The van der Waals surface area contributed by atoms with Crippen LogP contribution in [-0.4, -0.2) is 21.0 Å². The molecule has 1 N–H and O–H groups in total. The summed E-state index contributed by atoms with van der Waals surface area (Å²) in [5.74, 6) is -0.217. The molecule has 4 nitrogen and oxygen atoms in total. The first-order valence-corrected chi connectivity index (χ1v) is 6.37. The Hall–Kier alpha value is -1.88. The number of thioether (sulfide) groups is 1. The van der Waals surface area contributed by atoms with E-state index in [0.29, 0.717) is 11.3 Å². The van der Waals surface area contributed by atoms with Crippen LogP contribution in [0.5, 0.6) is 0 Å². The zero-order valence-corrected chi connectivity index (χ0v) is 10.6. The van der Waals surface area contributed by atoms with Crippen molar-refractivity contribution in [3.8, 4) is 0 Å². The van der Waals surface area contributed by atoms with Crippen LogP contribution in [0.4, 0.5) is 0 Å². The molecule has 0 spiro atoms. The Labute approximate surface area is 109 Å². The van der Waals surface area contributed by atoms with Crippen LogP contribution in [0, 0.1) is 6.92 Å². The van der Waals surface area contributed by atoms with Gasteiger partial charge in [-0.1, -0.05) is 6.07 Å². The molecule has 92 valence electrons. The van der Waals surface area contributed by atoms with Crippen molar-refractivity contribution in [3.63, 3.8) is 0 Å². The number of aromatic carboxylic acids is 1. The molecular weight excluding hydrogens is 248 g/mol. The molecule has 0 saturated carbocycles. The fourth-order valence-corrected chi connectivity index (χ4v) is 2.31. The van der Waals surface area contributed by atoms with E-state index < -0.39 is 5.97 Å². The second kappa shape index (κ2) is 5.64. The van der Waals surface area contributed by atoms with E-state index in [1.54, 1.807) is 43.3 Å². The first kappa shape index (κ1) is 12.6. The van der Waals surface area contributed by atoms with E-state index in [2.05, 4.69) is 9.97 Å². The predicted octanol–water partition coefficient (Wildman–Crippen LogP) is 2.78. The van der Waals surface area contributed by atoms with E-state index in [4.69, 9.17) is 5.11 Å². The van der Waals surface area contributed by atoms with Gasteiger partial charge in [0.25, 0.3) is 0 Å². The van der Waals surface area contributed by atoms with Gasteiger partial charge in [-0.2, -0.15) is 0 Å². The molecular formula is C13H12N2O2S. The monoisotopic (exact) mass is 260 g/mol. The number of benzene rings is 1. The molecule has 0 amide bonds. The molecule has 0 radical (unpaired) electrons. The minimum atomic E-state index is -0.894. The first-order chi connectivity index (χ1) is 8.66. The molecule has 1 aromatic carbocycles. The van der Waals surface area contributed by atoms with Crippen molar-refractivity contribution in [2.24, 2.45) is 0 Å². The van der Waals surface area contributed by atoms with Gasteiger partial charge in [0.2, 0.25) is 0 Å². The van der Waals surface area contributed by atoms with Crippen LogP contribution in [0.15, 0.2) is 41.7 Å². The number of hydrogen-bond acceptors (Lipinski definition) is 4. The van der Waals surface area contributed by atoms with E-state index in [1.165, 1.54) is 0 Å². The number of rotatable bonds is 4. The third-order valence-corrected chi connectivity index (χ3v) is 3.47. The van der Waals surface area contributed by atoms with Gasteiger partial charge in [-0.3, -0.25) is 9.97 Å². The molecule has 2 rings (SSSR count). The van der Waals surface area contributed by atoms with Crippen LogP contribution in [0.25, 0.3) is 0 Å². The number of aryl methyl sites for hydroxylation is 1. The number of hydrogen-bond donors (Lipinski definition) is 1. The Morgan fingerprint density at radius 2 is 2.22 bits per heavy atom. The average molecular weight is 260 g/mol. The van der Waals surface area contributed by atoms with Gasteiger partial charge in [0.15, 0.2) is 0 Å². The predicted molar refractivity (Wildman–Crippen MR) is 69.7 cm³/mol. The van der Waals surface area contributed by atoms with Crippen molar-refractivity contribution in [2.75, 3.05) is 0 Å². The lowest BCUT2D eigenvalue weighted by Crippen LogP contribution is -1.99. The van der Waals surface area contributed by atoms with Crippen LogP contribution in [0.1, 0.15) is 21.6 Å². The van der Waals surface area contributed by atoms with Crippen LogP contribution in [0.2, 0.25) is 0 Å². The largest absolute Gasteiger partial charge is 0.478 e. The molecule has 0 atom stereocenters. The van der Waals surface area contributed by atoms with Crippen molar-refractivity contribution in [1.82, 2.24) is 9.97 Å². The summed E-state index contributed by atoms with van der Waals surface area (Å²) in [6, 6.07) is 5.43. The first-order valence-electron chi connectivity index (χ1n) is 5.38. The van der Waals surface area contributed by atoms with Crippen LogP contribution in [0.3, 0.4) is 0 Å². The number of aromatic nitrogens is 2. The minimum Gasteiger partial charge on any atom is -0.478 e. The Morgan fingerprint density at radius 3 is 2.89 bits per heavy atom. The van der Waals surface area contributed by atoms with E-state index in [-0.39, 0.29) is 0 Å². The third-order valence-electron chi connectivity index (χ3n) is 2.44. The molecule has 0 aliphatic rings. The summed E-state index contributed by atoms with van der Waals surface area (Å²) in [5.41, 5.74) is 1.99. The van der Waals surface area contributed by atoms with E-state index >= 15 is 0 Å². The normalized spacial score (nSPS) is 10.3. The maximum Gasteiger partial charge on any atom is 0.335 e. The van der Waals surface area contributed by atoms with E-state index in [9.17, 15) is 4.79 Å². The maximum absolute atomic E-state index is 11.0. The second-order valence-corrected chi connectivity index (χ2v) is 4.82. The molecule has 0 fully saturated rings. The fourth-order valence-electron chi connectivity index (χ4n) is 1.48. The smallest absolute Gasteiger partial charge is 0.335 e. The molecule has 1 aromatic heterocycles. The molecule has 1 heterocycles. The molecule has 0 aliphatic carbocycles. The van der Waals surface area contributed by atoms with Crippen LogP contribution >= 0.6 is 11.8 Å². The van der Waals surface area contributed by atoms with Crippen LogP contribution < -0.4 is 0 Å². The number of nitrogens with zero attached hydrogens (tertiary/aromatic N) is 2. The van der Waals surface area contributed by atoms with E-state index in [0.717, 1.165) is 16.2 Å². The van der Waals surface area contributed by atoms with Crippen molar-refractivity contribution in [1.29, 1.82) is 0 Å². The molecule has 18 heavy (non-hydrogen) atoms. The molecule has 0 unspecified atom stereocenters. The highest BCUT2D eigenvalue weighted by atomic mass is 32.2. The van der Waals surface area contributed by atoms with Crippen molar-refractivity contribution >= 4 is 17.7 Å². The number of carboxylic acid groups (broad SMARTS) is 1. The maximum atomic E-state index is 11.0. The molecule has 5 heteroatoms. The van der Waals surface area contributed by atoms with Gasteiger partial charge in [-0.15, -0.1) is 11.8 Å². The molecule has 2 aromatic rings. The summed E-state index contributed by atoms with van der Waals surface area (Å²) < 4.78 is 0. The summed E-state index contributed by atoms with van der Waals surface area (Å²) in [4.78, 5) is 20.1. The molecule has 0 aliphatic heterocycles. The highest BCUT2D eigenvalue weighted by Gasteiger charge is 2.08. The summed E-state index contributed by atoms with van der Waals surface area (Å²) >= 11 is 1.55. The summed E-state index contributed by atoms with van der Waals surface area (Å²) in [6.45, 7) is 1.79. The lowest BCUT2D eigenvalue weighted by Gasteiger charge is -2.05. The van der Waals surface area contributed by atoms with Gasteiger partial charge in [0.1, 0.15) is 0 Å². The Balaban J connectivity index is 2.11. The van der Waals surface area contributed by atoms with Crippen molar-refractivity contribution in [2.45, 2.75) is 17.6 Å². The standard InChI is InChI=1S/C13H12N2O2S/c1-9-2-3-11(6-12(9)13(16)17)18-8-10-7-14-4-5-15-10/h2-7H,8H2,1H3,(H,16,17). The zero-order chi connectivity index (χ0) is 13.0. The van der Waals surface area contributed by atoms with Gasteiger partial charge in [0, 0.05) is 29.2 Å². The van der Waals surface area contributed by atoms with Crippen molar-refractivity contribution < 1.29 is 9.90 Å². The van der Waals surface area contributed by atoms with Crippen LogP contribution in [-0.2, 0) is 5.75 Å². The average Bonchev–Trinajstić information content (AvgIpc) is 2.38. The van der Waals surface area contributed by atoms with Crippen molar-refractivity contribution in [3.05, 3.63) is 53.6 Å². The molecule has 0 bridgehead atoms. The summed E-state index contributed by atoms with van der Waals surface area (Å²) in [6.07, 6.45) is 4.98. The van der Waals surface area contributed by atoms with Gasteiger partial charge in [-0.25, -0.2) is 4.79 Å². The van der Waals surface area contributed by atoms with Gasteiger partial charge in [0.05, 0.1) is 11.3 Å². The number of carboxylic acids is 1. The lowest BCUT2D eigenvalue weighted by atomic mass is 10.1. The summed E-state index contributed by atoms with van der Waals surface area (Å²) in [7, 11) is 0. The van der Waals surface area contributed by atoms with E-state index in [1.807, 2.05) is 12.1 Å². The topological polar surface area (TPSA) is 63.1 Å². The SMILES string of the molecule is Cc1ccc(SCc2cnccn2)cc1C(=O)O. The molecule has 0 saturated heterocycles. The Bertz CT molecular complexity index is 558. The highest BCUT2D eigenvalue weighted by Crippen LogP contribution is 2.24. The third kappa shape index (κ3) is 3.07. The summed E-state index contributed by atoms with van der Waals surface area (Å²) in [5, 5.41) is 9.04. The highest BCUT2D eigenvalue weighted by molar-refractivity contribution is 7.98. The minimum absolute atomic E-state index is 0.346. The Morgan fingerprint density at radius 1 is 1.39 bits per heavy atom. The number of carbonyl (C=O) groups is 1. The lowest BCUT2D eigenvalue weighted by molar-refractivity contribution is 0.0696. The van der Waals surface area contributed by atoms with Gasteiger partial charge < -0.3 is 5.11 Å². The Kier molecular flexibility index (Phi) is 3.94. The quantitative estimate of drug-likeness (QED) is 0.856. The van der Waals surface area contributed by atoms with Gasteiger partial charge >= 0.3 is 5.97 Å². The fraction of sp³-hybridized carbons (Fsp3) is 0.154. The second-order valence-electron chi connectivity index (χ2n) is 3.77. The van der Waals surface area contributed by atoms with Gasteiger partial charge in [-0.05, 0) is 24.6 Å².